The van der Waals surface area contributed by atoms with Gasteiger partial charge in [0.05, 0.1) is 0 Å². The Morgan fingerprint density at radius 1 is 0.889 bits per heavy atom. The van der Waals surface area contributed by atoms with Crippen molar-refractivity contribution in [2.24, 2.45) is 0 Å². The normalized spacial score (nSPS) is 12.2. The van der Waals surface area contributed by atoms with Gasteiger partial charge >= 0.3 is 119 Å². The quantitative estimate of drug-likeness (QED) is 0.351. The molecule has 0 N–H and O–H groups in total. The van der Waals surface area contributed by atoms with Crippen LogP contribution in [0.2, 0.25) is 13.3 Å². The zero-order chi connectivity index (χ0) is 13.9. The topological polar surface area (TPSA) is 17.1 Å². The molecule has 0 atom stereocenters. The third-order valence-corrected chi connectivity index (χ3v) is 18.5. The number of carbonyl (C=O) groups excluding carboxylic acids is 1. The van der Waals surface area contributed by atoms with Crippen LogP contribution in [0, 0.1) is 0 Å². The fourth-order valence-corrected chi connectivity index (χ4v) is 17.2. The van der Waals surface area contributed by atoms with Crippen LogP contribution in [0.5, 0.6) is 0 Å². The van der Waals surface area contributed by atoms with Gasteiger partial charge in [0, 0.05) is 0 Å². The number of carbonyl (C=O) groups is 1. The number of unbranched alkanes of at least 4 members (excludes halogenated alkanes) is 3. The summed E-state index contributed by atoms with van der Waals surface area (Å²) in [7, 11) is 0. The molecule has 18 heavy (non-hydrogen) atoms. The van der Waals surface area contributed by atoms with Crippen molar-refractivity contribution < 1.29 is 4.79 Å². The van der Waals surface area contributed by atoms with Gasteiger partial charge in [0.15, 0.2) is 0 Å². The molecule has 1 nitrogen and oxygen atoms in total. The Morgan fingerprint density at radius 3 is 1.56 bits per heavy atom. The van der Waals surface area contributed by atoms with E-state index in [1.165, 1.54) is 51.8 Å². The Hall–Kier alpha value is 0.209. The molecule has 0 rings (SSSR count). The van der Waals surface area contributed by atoms with Crippen LogP contribution in [0.4, 0.5) is 0 Å². The summed E-state index contributed by atoms with van der Waals surface area (Å²) in [5.41, 5.74) is 0. The molecule has 0 saturated carbocycles. The summed E-state index contributed by atoms with van der Waals surface area (Å²) in [5.74, 6) is 0. The number of rotatable bonds is 11. The Morgan fingerprint density at radius 2 is 1.28 bits per heavy atom. The third-order valence-electron chi connectivity index (χ3n) is 3.87. The molecule has 0 spiro atoms. The molecular formula is C16H32OSn. The molecule has 0 radical (unpaired) electrons. The summed E-state index contributed by atoms with van der Waals surface area (Å²) in [6, 6.07) is 0. The zero-order valence-corrected chi connectivity index (χ0v) is 15.8. The van der Waals surface area contributed by atoms with Crippen LogP contribution in [0.3, 0.4) is 0 Å². The summed E-state index contributed by atoms with van der Waals surface area (Å²) >= 11 is -2.55. The first kappa shape index (κ1) is 18.2. The van der Waals surface area contributed by atoms with Gasteiger partial charge in [0.1, 0.15) is 0 Å². The molecule has 0 unspecified atom stereocenters. The molecule has 0 heterocycles. The van der Waals surface area contributed by atoms with Crippen LogP contribution in [0.1, 0.15) is 66.2 Å². The first-order valence-corrected chi connectivity index (χ1v) is 15.3. The van der Waals surface area contributed by atoms with E-state index in [1.807, 2.05) is 19.1 Å². The molecule has 106 valence electrons. The van der Waals surface area contributed by atoms with Crippen LogP contribution in [0.25, 0.3) is 0 Å². The van der Waals surface area contributed by atoms with Gasteiger partial charge in [0.2, 0.25) is 0 Å². The van der Waals surface area contributed by atoms with Gasteiger partial charge in [0.25, 0.3) is 0 Å². The molecule has 2 heteroatoms. The maximum atomic E-state index is 12.6. The molecule has 0 saturated heterocycles. The van der Waals surface area contributed by atoms with E-state index < -0.39 is 18.4 Å². The second-order valence-electron chi connectivity index (χ2n) is 5.46. The van der Waals surface area contributed by atoms with Gasteiger partial charge in [-0.15, -0.1) is 0 Å². The predicted octanol–water partition coefficient (Wildman–Crippen LogP) is 5.52. The third kappa shape index (κ3) is 6.40. The number of hydrogen-bond donors (Lipinski definition) is 0. The van der Waals surface area contributed by atoms with Crippen molar-refractivity contribution in [3.8, 4) is 0 Å². The van der Waals surface area contributed by atoms with Crippen molar-refractivity contribution in [1.82, 2.24) is 0 Å². The van der Waals surface area contributed by atoms with Crippen molar-refractivity contribution in [3.05, 3.63) is 12.2 Å². The Labute approximate surface area is 118 Å². The molecule has 0 aliphatic rings. The predicted molar refractivity (Wildman–Crippen MR) is 84.7 cm³/mol. The van der Waals surface area contributed by atoms with E-state index in [-0.39, 0.29) is 0 Å². The molecule has 0 aromatic heterocycles. The van der Waals surface area contributed by atoms with E-state index in [2.05, 4.69) is 20.8 Å². The Bertz CT molecular complexity index is 224. The van der Waals surface area contributed by atoms with Gasteiger partial charge < -0.3 is 0 Å². The van der Waals surface area contributed by atoms with Gasteiger partial charge in [-0.2, -0.15) is 0 Å². The van der Waals surface area contributed by atoms with Gasteiger partial charge in [-0.05, 0) is 0 Å². The average Bonchev–Trinajstić information content (AvgIpc) is 2.38. The minimum absolute atomic E-state index is 0.585. The van der Waals surface area contributed by atoms with Crippen LogP contribution in [-0.4, -0.2) is 22.2 Å². The number of allylic oxidation sites excluding steroid dienone is 2. The second-order valence-corrected chi connectivity index (χ2v) is 18.5. The van der Waals surface area contributed by atoms with Crippen molar-refractivity contribution >= 4 is 22.2 Å². The summed E-state index contributed by atoms with van der Waals surface area (Å²) in [6.45, 7) is 8.72. The molecule has 0 amide bonds. The van der Waals surface area contributed by atoms with Crippen molar-refractivity contribution in [2.75, 3.05) is 0 Å². The van der Waals surface area contributed by atoms with Crippen LogP contribution in [0.15, 0.2) is 12.2 Å². The first-order chi connectivity index (χ1) is 8.66. The number of hydrogen-bond acceptors (Lipinski definition) is 1. The van der Waals surface area contributed by atoms with Gasteiger partial charge in [-0.3, -0.25) is 0 Å². The van der Waals surface area contributed by atoms with Gasteiger partial charge in [-0.1, -0.05) is 0 Å². The molecule has 0 aromatic carbocycles. The summed E-state index contributed by atoms with van der Waals surface area (Å²) in [4.78, 5) is 12.6. The van der Waals surface area contributed by atoms with Crippen molar-refractivity contribution in [2.45, 2.75) is 79.5 Å². The van der Waals surface area contributed by atoms with E-state index in [4.69, 9.17) is 0 Å². The molecular weight excluding hydrogens is 327 g/mol. The fraction of sp³-hybridized carbons (Fsp3) is 0.812. The van der Waals surface area contributed by atoms with Crippen molar-refractivity contribution in [3.63, 3.8) is 0 Å². The molecule has 0 aliphatic carbocycles. The second kappa shape index (κ2) is 11.1. The fourth-order valence-electron chi connectivity index (χ4n) is 2.62. The summed E-state index contributed by atoms with van der Waals surface area (Å²) < 4.78 is 4.44. The van der Waals surface area contributed by atoms with E-state index in [9.17, 15) is 4.79 Å². The van der Waals surface area contributed by atoms with Crippen LogP contribution < -0.4 is 0 Å². The van der Waals surface area contributed by atoms with E-state index >= 15 is 0 Å². The Kier molecular flexibility index (Phi) is 11.2. The van der Waals surface area contributed by atoms with E-state index in [0.717, 1.165) is 0 Å². The molecule has 0 aromatic rings. The molecule has 0 bridgehead atoms. The van der Waals surface area contributed by atoms with Crippen LogP contribution >= 0.6 is 0 Å². The Balaban J connectivity index is 4.89. The monoisotopic (exact) mass is 360 g/mol. The van der Waals surface area contributed by atoms with Crippen LogP contribution in [-0.2, 0) is 4.79 Å². The maximum absolute atomic E-state index is 12.6. The van der Waals surface area contributed by atoms with E-state index in [0.29, 0.717) is 3.80 Å². The standard InChI is InChI=1S/C4H5O.3C4H9.Sn/c1-2-3-4-5;3*1-3-4-2;/h2-3H,1H3;3*1,3-4H2,2H3;/b3-2+;;;;. The minimum atomic E-state index is -2.55. The summed E-state index contributed by atoms with van der Waals surface area (Å²) in [6.07, 6.45) is 11.4. The molecule has 0 fully saturated rings. The van der Waals surface area contributed by atoms with E-state index in [1.54, 1.807) is 0 Å². The molecule has 0 aliphatic heterocycles. The van der Waals surface area contributed by atoms with Gasteiger partial charge in [-0.25, -0.2) is 0 Å². The average molecular weight is 359 g/mol. The first-order valence-electron chi connectivity index (χ1n) is 7.84. The van der Waals surface area contributed by atoms with Crippen molar-refractivity contribution in [1.29, 1.82) is 0 Å². The SMILES string of the molecule is C/C=C/[C](=O)[Sn]([CH2]CCC)([CH2]CCC)[CH2]CCC. The zero-order valence-electron chi connectivity index (χ0n) is 12.9. The summed E-state index contributed by atoms with van der Waals surface area (Å²) in [5, 5.41) is 0.